The SMILES string of the molecule is COc1ccc(NS(=O)(=O)N(C)CCCNC2CC2)cc1. The standard InChI is InChI=1S/C14H23N3O3S/c1-17(11-3-10-15-12-4-5-12)21(18,19)16-13-6-8-14(20-2)9-7-13/h6-9,12,15-16H,3-5,10-11H2,1-2H3. The number of ether oxygens (including phenoxy) is 1. The molecule has 1 aromatic rings. The van der Waals surface area contributed by atoms with Crippen LogP contribution in [0, 0.1) is 0 Å². The van der Waals surface area contributed by atoms with Crippen molar-refractivity contribution in [3.8, 4) is 5.75 Å². The summed E-state index contributed by atoms with van der Waals surface area (Å²) in [6.45, 7) is 1.35. The van der Waals surface area contributed by atoms with Crippen LogP contribution < -0.4 is 14.8 Å². The maximum atomic E-state index is 12.2. The molecule has 0 aliphatic heterocycles. The van der Waals surface area contributed by atoms with Crippen LogP contribution >= 0.6 is 0 Å². The minimum atomic E-state index is -3.50. The fraction of sp³-hybridized carbons (Fsp3) is 0.571. The highest BCUT2D eigenvalue weighted by atomic mass is 32.2. The van der Waals surface area contributed by atoms with Crippen LogP contribution in [-0.4, -0.2) is 46.0 Å². The average molecular weight is 313 g/mol. The van der Waals surface area contributed by atoms with Gasteiger partial charge in [0.1, 0.15) is 5.75 Å². The third kappa shape index (κ3) is 5.18. The number of nitrogens with zero attached hydrogens (tertiary/aromatic N) is 1. The fourth-order valence-corrected chi connectivity index (χ4v) is 2.86. The lowest BCUT2D eigenvalue weighted by Crippen LogP contribution is -2.34. The Labute approximate surface area is 126 Å². The fourth-order valence-electron chi connectivity index (χ4n) is 1.90. The van der Waals surface area contributed by atoms with E-state index in [1.54, 1.807) is 38.4 Å². The first-order chi connectivity index (χ1) is 10.0. The van der Waals surface area contributed by atoms with E-state index in [9.17, 15) is 8.42 Å². The highest BCUT2D eigenvalue weighted by molar-refractivity contribution is 7.90. The van der Waals surface area contributed by atoms with E-state index in [1.807, 2.05) is 0 Å². The van der Waals surface area contributed by atoms with Crippen molar-refractivity contribution in [1.82, 2.24) is 9.62 Å². The zero-order valence-corrected chi connectivity index (χ0v) is 13.3. The van der Waals surface area contributed by atoms with Gasteiger partial charge in [-0.2, -0.15) is 12.7 Å². The summed E-state index contributed by atoms with van der Waals surface area (Å²) in [5, 5.41) is 3.37. The van der Waals surface area contributed by atoms with Gasteiger partial charge in [0.25, 0.3) is 0 Å². The number of hydrogen-bond acceptors (Lipinski definition) is 4. The molecule has 0 atom stereocenters. The Hall–Kier alpha value is -1.31. The van der Waals surface area contributed by atoms with Crippen molar-refractivity contribution in [2.45, 2.75) is 25.3 Å². The molecule has 0 amide bonds. The summed E-state index contributed by atoms with van der Waals surface area (Å²) in [5.41, 5.74) is 0.527. The van der Waals surface area contributed by atoms with Gasteiger partial charge in [-0.1, -0.05) is 0 Å². The molecule has 0 bridgehead atoms. The van der Waals surface area contributed by atoms with E-state index in [4.69, 9.17) is 4.74 Å². The zero-order chi connectivity index (χ0) is 15.3. The molecule has 1 aliphatic carbocycles. The van der Waals surface area contributed by atoms with Crippen molar-refractivity contribution in [3.63, 3.8) is 0 Å². The molecule has 0 unspecified atom stereocenters. The van der Waals surface area contributed by atoms with Gasteiger partial charge in [-0.15, -0.1) is 0 Å². The summed E-state index contributed by atoms with van der Waals surface area (Å²) >= 11 is 0. The Kier molecular flexibility index (Phi) is 5.44. The Bertz CT molecular complexity index is 541. The average Bonchev–Trinajstić information content (AvgIpc) is 3.28. The highest BCUT2D eigenvalue weighted by Crippen LogP contribution is 2.18. The van der Waals surface area contributed by atoms with E-state index in [-0.39, 0.29) is 0 Å². The number of benzene rings is 1. The summed E-state index contributed by atoms with van der Waals surface area (Å²) in [6.07, 6.45) is 3.29. The van der Waals surface area contributed by atoms with Gasteiger partial charge in [0, 0.05) is 19.6 Å². The lowest BCUT2D eigenvalue weighted by Gasteiger charge is -2.18. The molecule has 1 aliphatic rings. The van der Waals surface area contributed by atoms with Crippen LogP contribution in [0.15, 0.2) is 24.3 Å². The van der Waals surface area contributed by atoms with Crippen LogP contribution in [0.1, 0.15) is 19.3 Å². The van der Waals surface area contributed by atoms with Crippen molar-refractivity contribution in [2.75, 3.05) is 32.0 Å². The van der Waals surface area contributed by atoms with Crippen LogP contribution in [-0.2, 0) is 10.2 Å². The van der Waals surface area contributed by atoms with Gasteiger partial charge < -0.3 is 10.1 Å². The summed E-state index contributed by atoms with van der Waals surface area (Å²) < 4.78 is 33.3. The molecule has 21 heavy (non-hydrogen) atoms. The predicted molar refractivity (Wildman–Crippen MR) is 83.8 cm³/mol. The highest BCUT2D eigenvalue weighted by Gasteiger charge is 2.20. The van der Waals surface area contributed by atoms with Crippen molar-refractivity contribution in [1.29, 1.82) is 0 Å². The maximum Gasteiger partial charge on any atom is 0.301 e. The molecule has 0 aromatic heterocycles. The number of hydrogen-bond donors (Lipinski definition) is 2. The van der Waals surface area contributed by atoms with Gasteiger partial charge in [-0.3, -0.25) is 4.72 Å². The Morgan fingerprint density at radius 3 is 2.52 bits per heavy atom. The molecule has 7 heteroatoms. The van der Waals surface area contributed by atoms with Crippen molar-refractivity contribution in [3.05, 3.63) is 24.3 Å². The van der Waals surface area contributed by atoms with Crippen molar-refractivity contribution < 1.29 is 13.2 Å². The smallest absolute Gasteiger partial charge is 0.301 e. The van der Waals surface area contributed by atoms with E-state index in [0.717, 1.165) is 13.0 Å². The maximum absolute atomic E-state index is 12.2. The lowest BCUT2D eigenvalue weighted by atomic mass is 10.3. The van der Waals surface area contributed by atoms with Gasteiger partial charge in [0.15, 0.2) is 0 Å². The molecule has 2 rings (SSSR count). The van der Waals surface area contributed by atoms with E-state index in [2.05, 4.69) is 10.0 Å². The first kappa shape index (κ1) is 16.1. The topological polar surface area (TPSA) is 70.7 Å². The second-order valence-electron chi connectivity index (χ2n) is 5.24. The van der Waals surface area contributed by atoms with Gasteiger partial charge >= 0.3 is 10.2 Å². The zero-order valence-electron chi connectivity index (χ0n) is 12.5. The van der Waals surface area contributed by atoms with Crippen molar-refractivity contribution >= 4 is 15.9 Å². The summed E-state index contributed by atoms with van der Waals surface area (Å²) in [5.74, 6) is 0.692. The first-order valence-corrected chi connectivity index (χ1v) is 8.57. The van der Waals surface area contributed by atoms with Gasteiger partial charge in [0.2, 0.25) is 0 Å². The first-order valence-electron chi connectivity index (χ1n) is 7.13. The molecular formula is C14H23N3O3S. The van der Waals surface area contributed by atoms with E-state index >= 15 is 0 Å². The molecule has 2 N–H and O–H groups in total. The predicted octanol–water partition coefficient (Wildman–Crippen LogP) is 1.43. The second-order valence-corrected chi connectivity index (χ2v) is 7.02. The molecule has 0 radical (unpaired) electrons. The van der Waals surface area contributed by atoms with Gasteiger partial charge in [0.05, 0.1) is 12.8 Å². The van der Waals surface area contributed by atoms with Crippen molar-refractivity contribution in [2.24, 2.45) is 0 Å². The van der Waals surface area contributed by atoms with Gasteiger partial charge in [-0.25, -0.2) is 0 Å². The van der Waals surface area contributed by atoms with Crippen LogP contribution in [0.3, 0.4) is 0 Å². The molecule has 6 nitrogen and oxygen atoms in total. The molecule has 1 fully saturated rings. The largest absolute Gasteiger partial charge is 0.497 e. The van der Waals surface area contributed by atoms with Crippen LogP contribution in [0.5, 0.6) is 5.75 Å². The number of rotatable bonds is 9. The van der Waals surface area contributed by atoms with Crippen LogP contribution in [0.2, 0.25) is 0 Å². The quantitative estimate of drug-likeness (QED) is 0.677. The van der Waals surface area contributed by atoms with E-state index < -0.39 is 10.2 Å². The molecule has 0 heterocycles. The molecular weight excluding hydrogens is 290 g/mol. The Balaban J connectivity index is 1.80. The third-order valence-corrected chi connectivity index (χ3v) is 4.90. The summed E-state index contributed by atoms with van der Waals surface area (Å²) in [7, 11) is -0.345. The minimum Gasteiger partial charge on any atom is -0.497 e. The van der Waals surface area contributed by atoms with Crippen LogP contribution in [0.4, 0.5) is 5.69 Å². The molecule has 1 aromatic carbocycles. The lowest BCUT2D eigenvalue weighted by molar-refractivity contribution is 0.415. The number of methoxy groups -OCH3 is 1. The molecule has 118 valence electrons. The second kappa shape index (κ2) is 7.11. The Morgan fingerprint density at radius 1 is 1.29 bits per heavy atom. The monoisotopic (exact) mass is 313 g/mol. The molecule has 1 saturated carbocycles. The molecule has 0 saturated heterocycles. The summed E-state index contributed by atoms with van der Waals surface area (Å²) in [4.78, 5) is 0. The van der Waals surface area contributed by atoms with Crippen LogP contribution in [0.25, 0.3) is 0 Å². The number of nitrogens with one attached hydrogen (secondary N) is 2. The molecule has 0 spiro atoms. The van der Waals surface area contributed by atoms with E-state index in [0.29, 0.717) is 24.0 Å². The van der Waals surface area contributed by atoms with E-state index in [1.165, 1.54) is 17.1 Å². The third-order valence-electron chi connectivity index (χ3n) is 3.41. The normalized spacial score (nSPS) is 15.2. The Morgan fingerprint density at radius 2 is 1.95 bits per heavy atom. The van der Waals surface area contributed by atoms with Gasteiger partial charge in [-0.05, 0) is 50.1 Å². The minimum absolute atomic E-state index is 0.491. The number of anilines is 1. The summed E-state index contributed by atoms with van der Waals surface area (Å²) in [6, 6.07) is 7.45.